The maximum Gasteiger partial charge on any atom is 0.270 e. The Labute approximate surface area is 273 Å². The lowest BCUT2D eigenvalue weighted by molar-refractivity contribution is -0.125. The maximum absolute atomic E-state index is 13.2. The number of amides is 2. The number of hydrogen-bond acceptors (Lipinski definition) is 4. The molecule has 4 heterocycles. The molecule has 11 heteroatoms. The SMILES string of the molecule is CC(C)(F)F.O=C(c1ccc[nH]1)N1CCC(CCCN2CCC3(CC2)C(=O)NCN3c2ccccc2)(c2ccc(Cl)c(Cl)c2)C1. The third kappa shape index (κ3) is 7.64. The van der Waals surface area contributed by atoms with E-state index in [-0.39, 0.29) is 17.2 Å². The van der Waals surface area contributed by atoms with E-state index >= 15 is 0 Å². The van der Waals surface area contributed by atoms with Gasteiger partial charge in [0.1, 0.15) is 11.2 Å². The number of halogens is 4. The smallest absolute Gasteiger partial charge is 0.270 e. The summed E-state index contributed by atoms with van der Waals surface area (Å²) in [6, 6.07) is 19.8. The summed E-state index contributed by atoms with van der Waals surface area (Å²) in [6.45, 7) is 6.35. The molecule has 1 aromatic heterocycles. The molecule has 1 unspecified atom stereocenters. The number of para-hydroxylation sites is 1. The molecule has 2 aromatic carbocycles. The van der Waals surface area contributed by atoms with Crippen LogP contribution in [0.15, 0.2) is 66.9 Å². The molecule has 3 fully saturated rings. The summed E-state index contributed by atoms with van der Waals surface area (Å²) in [5, 5.41) is 4.18. The quantitative estimate of drug-likeness (QED) is 0.287. The van der Waals surface area contributed by atoms with Crippen molar-refractivity contribution in [1.82, 2.24) is 20.1 Å². The van der Waals surface area contributed by atoms with Crippen LogP contribution in [0.5, 0.6) is 0 Å². The molecule has 242 valence electrons. The molecule has 3 aliphatic heterocycles. The summed E-state index contributed by atoms with van der Waals surface area (Å²) in [4.78, 5) is 35.9. The fourth-order valence-corrected chi connectivity index (χ4v) is 7.21. The molecule has 2 N–H and O–H groups in total. The van der Waals surface area contributed by atoms with Crippen LogP contribution in [0.25, 0.3) is 0 Å². The number of hydrogen-bond donors (Lipinski definition) is 2. The summed E-state index contributed by atoms with van der Waals surface area (Å²) < 4.78 is 22.0. The van der Waals surface area contributed by atoms with Crippen LogP contribution in [0.3, 0.4) is 0 Å². The first kappa shape index (κ1) is 33.2. The average Bonchev–Trinajstić information content (AvgIpc) is 3.76. The number of anilines is 1. The first-order chi connectivity index (χ1) is 21.4. The van der Waals surface area contributed by atoms with Crippen molar-refractivity contribution in [3.05, 3.63) is 88.2 Å². The maximum atomic E-state index is 13.2. The number of nitrogens with one attached hydrogen (secondary N) is 2. The van der Waals surface area contributed by atoms with Gasteiger partial charge in [-0.2, -0.15) is 0 Å². The lowest BCUT2D eigenvalue weighted by atomic mass is 9.76. The topological polar surface area (TPSA) is 71.7 Å². The van der Waals surface area contributed by atoms with Gasteiger partial charge in [0.2, 0.25) is 11.8 Å². The van der Waals surface area contributed by atoms with Crippen LogP contribution < -0.4 is 10.2 Å². The highest BCUT2D eigenvalue weighted by Gasteiger charge is 2.50. The van der Waals surface area contributed by atoms with E-state index in [2.05, 4.69) is 38.3 Å². The number of rotatable bonds is 7. The Bertz CT molecular complexity index is 1450. The van der Waals surface area contributed by atoms with E-state index < -0.39 is 11.5 Å². The zero-order valence-corrected chi connectivity index (χ0v) is 27.3. The van der Waals surface area contributed by atoms with Crippen LogP contribution >= 0.6 is 23.2 Å². The van der Waals surface area contributed by atoms with Crippen molar-refractivity contribution in [3.8, 4) is 0 Å². The van der Waals surface area contributed by atoms with E-state index in [1.165, 1.54) is 0 Å². The molecule has 0 aliphatic carbocycles. The van der Waals surface area contributed by atoms with E-state index in [1.54, 1.807) is 6.20 Å². The molecule has 3 aromatic rings. The van der Waals surface area contributed by atoms with Crippen molar-refractivity contribution in [2.75, 3.05) is 44.3 Å². The van der Waals surface area contributed by atoms with Gasteiger partial charge in [0.15, 0.2) is 0 Å². The van der Waals surface area contributed by atoms with Gasteiger partial charge in [-0.3, -0.25) is 9.59 Å². The Morgan fingerprint density at radius 3 is 2.31 bits per heavy atom. The molecule has 0 saturated carbocycles. The standard InChI is InChI=1S/C31H35Cl2N5O2.C3H6F2/c32-25-10-9-23(20-26(25)33)30(12-19-37(21-30)28(39)27-8-4-15-34-27)11-5-16-36-17-13-31(14-18-36)29(40)35-22-38(31)24-6-2-1-3-7-24;1-3(2,4)5/h1-4,6-10,15,20,34H,5,11-14,16-19,21-22H2,(H,35,40);1-2H3. The van der Waals surface area contributed by atoms with Gasteiger partial charge in [-0.15, -0.1) is 0 Å². The Hall–Kier alpha value is -3.14. The molecular weight excluding hydrogens is 619 g/mol. The van der Waals surface area contributed by atoms with Crippen LogP contribution in [0, 0.1) is 0 Å². The molecule has 45 heavy (non-hydrogen) atoms. The minimum absolute atomic E-state index is 0.0334. The molecule has 6 rings (SSSR count). The number of aromatic nitrogens is 1. The van der Waals surface area contributed by atoms with Crippen LogP contribution in [0.4, 0.5) is 14.5 Å². The minimum Gasteiger partial charge on any atom is -0.357 e. The molecule has 1 atom stereocenters. The molecule has 0 bridgehead atoms. The van der Waals surface area contributed by atoms with Gasteiger partial charge in [-0.25, -0.2) is 8.78 Å². The van der Waals surface area contributed by atoms with E-state index in [4.69, 9.17) is 23.2 Å². The first-order valence-electron chi connectivity index (χ1n) is 15.5. The van der Waals surface area contributed by atoms with Crippen molar-refractivity contribution in [2.24, 2.45) is 0 Å². The van der Waals surface area contributed by atoms with Crippen LogP contribution in [-0.2, 0) is 10.2 Å². The molecular formula is C34H41Cl2F2N5O2. The second kappa shape index (κ2) is 13.7. The van der Waals surface area contributed by atoms with Crippen molar-refractivity contribution in [2.45, 2.75) is 62.8 Å². The average molecular weight is 661 g/mol. The van der Waals surface area contributed by atoms with Crippen molar-refractivity contribution < 1.29 is 18.4 Å². The van der Waals surface area contributed by atoms with Gasteiger partial charge < -0.3 is 25.0 Å². The van der Waals surface area contributed by atoms with E-state index in [0.29, 0.717) is 35.5 Å². The largest absolute Gasteiger partial charge is 0.357 e. The first-order valence-corrected chi connectivity index (χ1v) is 16.3. The minimum atomic E-state index is -2.50. The number of benzene rings is 2. The summed E-state index contributed by atoms with van der Waals surface area (Å²) in [5.74, 6) is -2.32. The number of alkyl halides is 2. The Kier molecular flexibility index (Phi) is 10.1. The van der Waals surface area contributed by atoms with Crippen LogP contribution in [-0.4, -0.2) is 77.5 Å². The summed E-state index contributed by atoms with van der Waals surface area (Å²) >= 11 is 12.7. The number of H-pyrrole nitrogens is 1. The highest BCUT2D eigenvalue weighted by Crippen LogP contribution is 2.42. The van der Waals surface area contributed by atoms with E-state index in [0.717, 1.165) is 76.8 Å². The van der Waals surface area contributed by atoms with Crippen molar-refractivity contribution in [1.29, 1.82) is 0 Å². The molecule has 7 nitrogen and oxygen atoms in total. The Morgan fingerprint density at radius 1 is 0.956 bits per heavy atom. The second-order valence-electron chi connectivity index (χ2n) is 12.7. The summed E-state index contributed by atoms with van der Waals surface area (Å²) in [7, 11) is 0. The van der Waals surface area contributed by atoms with Crippen molar-refractivity contribution in [3.63, 3.8) is 0 Å². The number of carbonyl (C=O) groups excluding carboxylic acids is 2. The zero-order valence-electron chi connectivity index (χ0n) is 25.8. The fraction of sp³-hybridized carbons (Fsp3) is 0.471. The zero-order chi connectivity index (χ0) is 32.2. The third-order valence-electron chi connectivity index (χ3n) is 9.22. The van der Waals surface area contributed by atoms with Crippen LogP contribution in [0.1, 0.15) is 62.0 Å². The normalized spacial score (nSPS) is 21.5. The highest BCUT2D eigenvalue weighted by atomic mass is 35.5. The van der Waals surface area contributed by atoms with E-state index in [1.807, 2.05) is 47.4 Å². The highest BCUT2D eigenvalue weighted by molar-refractivity contribution is 6.42. The summed E-state index contributed by atoms with van der Waals surface area (Å²) in [5.41, 5.74) is 2.21. The predicted molar refractivity (Wildman–Crippen MR) is 175 cm³/mol. The number of aromatic amines is 1. The molecule has 1 spiro atoms. The molecule has 3 aliphatic rings. The Morgan fingerprint density at radius 2 is 1.67 bits per heavy atom. The molecule has 2 amide bonds. The fourth-order valence-electron chi connectivity index (χ4n) is 6.91. The van der Waals surface area contributed by atoms with Gasteiger partial charge in [0, 0.05) is 43.5 Å². The van der Waals surface area contributed by atoms with Crippen LogP contribution in [0.2, 0.25) is 10.0 Å². The number of nitrogens with zero attached hydrogens (tertiary/aromatic N) is 3. The molecule has 3 saturated heterocycles. The number of likely N-dealkylation sites (tertiary alicyclic amines) is 2. The third-order valence-corrected chi connectivity index (χ3v) is 9.96. The van der Waals surface area contributed by atoms with Gasteiger partial charge >= 0.3 is 0 Å². The van der Waals surface area contributed by atoms with Gasteiger partial charge in [-0.05, 0) is 94.5 Å². The monoisotopic (exact) mass is 659 g/mol. The summed E-state index contributed by atoms with van der Waals surface area (Å²) in [6.07, 6.45) is 6.22. The lowest BCUT2D eigenvalue weighted by Crippen LogP contribution is -2.56. The number of carbonyl (C=O) groups is 2. The number of piperidine rings is 1. The van der Waals surface area contributed by atoms with Crippen molar-refractivity contribution >= 4 is 40.7 Å². The predicted octanol–water partition coefficient (Wildman–Crippen LogP) is 6.98. The van der Waals surface area contributed by atoms with Gasteiger partial charge in [-0.1, -0.05) is 47.5 Å². The molecule has 0 radical (unpaired) electrons. The van der Waals surface area contributed by atoms with E-state index in [9.17, 15) is 18.4 Å². The Balaban J connectivity index is 0.000000743. The van der Waals surface area contributed by atoms with Gasteiger partial charge in [0.25, 0.3) is 5.91 Å². The van der Waals surface area contributed by atoms with Gasteiger partial charge in [0.05, 0.1) is 16.7 Å². The second-order valence-corrected chi connectivity index (χ2v) is 13.5. The lowest BCUT2D eigenvalue weighted by Gasteiger charge is -2.43.